The predicted octanol–water partition coefficient (Wildman–Crippen LogP) is 3.37. The van der Waals surface area contributed by atoms with Crippen molar-refractivity contribution in [3.63, 3.8) is 0 Å². The van der Waals surface area contributed by atoms with E-state index in [1.54, 1.807) is 0 Å². The summed E-state index contributed by atoms with van der Waals surface area (Å²) in [5, 5.41) is 6.83. The first-order chi connectivity index (χ1) is 10.6. The van der Waals surface area contributed by atoms with Gasteiger partial charge in [0.25, 0.3) is 0 Å². The fourth-order valence-corrected chi connectivity index (χ4v) is 3.38. The van der Waals surface area contributed by atoms with Crippen molar-refractivity contribution >= 4 is 11.5 Å². The number of ketones is 1. The van der Waals surface area contributed by atoms with Crippen LogP contribution in [0.1, 0.15) is 56.3 Å². The van der Waals surface area contributed by atoms with Crippen molar-refractivity contribution < 1.29 is 9.53 Å². The summed E-state index contributed by atoms with van der Waals surface area (Å²) >= 11 is 0. The van der Waals surface area contributed by atoms with Gasteiger partial charge in [-0.15, -0.1) is 0 Å². The van der Waals surface area contributed by atoms with Crippen LogP contribution in [0.4, 0.5) is 5.69 Å². The molecule has 2 N–H and O–H groups in total. The summed E-state index contributed by atoms with van der Waals surface area (Å²) in [4.78, 5) is 12.6. The highest BCUT2D eigenvalue weighted by molar-refractivity contribution is 6.01. The normalized spacial score (nSPS) is 23.1. The summed E-state index contributed by atoms with van der Waals surface area (Å²) in [6.45, 7) is 4.79. The van der Waals surface area contributed by atoms with E-state index in [2.05, 4.69) is 10.6 Å². The van der Waals surface area contributed by atoms with E-state index in [1.807, 2.05) is 32.0 Å². The average molecular weight is 302 g/mol. The summed E-state index contributed by atoms with van der Waals surface area (Å²) in [5.41, 5.74) is 1.68. The van der Waals surface area contributed by atoms with E-state index in [0.29, 0.717) is 6.04 Å². The molecule has 1 saturated carbocycles. The lowest BCUT2D eigenvalue weighted by Gasteiger charge is -2.27. The highest BCUT2D eigenvalue weighted by Crippen LogP contribution is 2.30. The molecule has 1 fully saturated rings. The molecule has 1 aliphatic carbocycles. The summed E-state index contributed by atoms with van der Waals surface area (Å²) in [6, 6.07) is 6.05. The molecule has 4 nitrogen and oxygen atoms in total. The standard InChI is InChI=1S/C18H26N2O2/c1-12-11-19-16-10-14(8-9-17(16)22-12)18(21)13(2)20-15-6-4-3-5-7-15/h8-10,12-13,15,19-20H,3-7,11H2,1-2H3. The minimum Gasteiger partial charge on any atom is -0.487 e. The Bertz CT molecular complexity index is 538. The molecule has 2 atom stereocenters. The van der Waals surface area contributed by atoms with Gasteiger partial charge < -0.3 is 15.4 Å². The Labute approximate surface area is 132 Å². The Morgan fingerprint density at radius 3 is 2.86 bits per heavy atom. The van der Waals surface area contributed by atoms with Crippen molar-refractivity contribution in [3.05, 3.63) is 23.8 Å². The number of carbonyl (C=O) groups is 1. The molecule has 1 heterocycles. The molecule has 0 amide bonds. The molecular formula is C18H26N2O2. The first kappa shape index (κ1) is 15.3. The molecule has 0 radical (unpaired) electrons. The van der Waals surface area contributed by atoms with Gasteiger partial charge in [-0.1, -0.05) is 19.3 Å². The largest absolute Gasteiger partial charge is 0.487 e. The van der Waals surface area contributed by atoms with Gasteiger partial charge in [-0.3, -0.25) is 4.79 Å². The van der Waals surface area contributed by atoms with Gasteiger partial charge in [-0.25, -0.2) is 0 Å². The van der Waals surface area contributed by atoms with Gasteiger partial charge in [0.1, 0.15) is 11.9 Å². The van der Waals surface area contributed by atoms with Crippen molar-refractivity contribution in [2.45, 2.75) is 64.1 Å². The third kappa shape index (κ3) is 3.43. The Balaban J connectivity index is 1.66. The maximum atomic E-state index is 12.6. The van der Waals surface area contributed by atoms with Crippen LogP contribution < -0.4 is 15.4 Å². The van der Waals surface area contributed by atoms with Gasteiger partial charge in [0.15, 0.2) is 5.78 Å². The minimum atomic E-state index is -0.135. The van der Waals surface area contributed by atoms with Crippen molar-refractivity contribution in [1.82, 2.24) is 5.32 Å². The van der Waals surface area contributed by atoms with Crippen LogP contribution in [0.3, 0.4) is 0 Å². The molecule has 0 spiro atoms. The Morgan fingerprint density at radius 1 is 1.32 bits per heavy atom. The number of Topliss-reactive ketones (excluding diaryl/α,β-unsaturated/α-hetero) is 1. The van der Waals surface area contributed by atoms with Crippen molar-refractivity contribution in [1.29, 1.82) is 0 Å². The van der Waals surface area contributed by atoms with Gasteiger partial charge in [0.2, 0.25) is 0 Å². The average Bonchev–Trinajstić information content (AvgIpc) is 2.54. The quantitative estimate of drug-likeness (QED) is 0.837. The number of hydrogen-bond acceptors (Lipinski definition) is 4. The summed E-state index contributed by atoms with van der Waals surface area (Å²) in [6.07, 6.45) is 6.42. The zero-order valence-corrected chi connectivity index (χ0v) is 13.5. The van der Waals surface area contributed by atoms with Gasteiger partial charge in [-0.2, -0.15) is 0 Å². The molecule has 0 bridgehead atoms. The van der Waals surface area contributed by atoms with Crippen LogP contribution >= 0.6 is 0 Å². The number of hydrogen-bond donors (Lipinski definition) is 2. The highest BCUT2D eigenvalue weighted by atomic mass is 16.5. The molecule has 0 saturated heterocycles. The third-order valence-electron chi connectivity index (χ3n) is 4.66. The van der Waals surface area contributed by atoms with Crippen LogP contribution in [0.25, 0.3) is 0 Å². The number of carbonyl (C=O) groups excluding carboxylic acids is 1. The van der Waals surface area contributed by atoms with Gasteiger partial charge in [0, 0.05) is 11.6 Å². The Hall–Kier alpha value is -1.55. The van der Waals surface area contributed by atoms with Crippen LogP contribution in [0.15, 0.2) is 18.2 Å². The summed E-state index contributed by atoms with van der Waals surface area (Å²) in [5.74, 6) is 0.997. The van der Waals surface area contributed by atoms with Crippen molar-refractivity contribution in [2.75, 3.05) is 11.9 Å². The van der Waals surface area contributed by atoms with E-state index in [-0.39, 0.29) is 17.9 Å². The number of fused-ring (bicyclic) bond motifs is 1. The predicted molar refractivity (Wildman–Crippen MR) is 88.8 cm³/mol. The molecule has 2 unspecified atom stereocenters. The Kier molecular flexibility index (Phi) is 4.67. The Morgan fingerprint density at radius 2 is 2.09 bits per heavy atom. The topological polar surface area (TPSA) is 50.4 Å². The second kappa shape index (κ2) is 6.69. The summed E-state index contributed by atoms with van der Waals surface area (Å²) < 4.78 is 5.76. The lowest BCUT2D eigenvalue weighted by Crippen LogP contribution is -2.42. The van der Waals surface area contributed by atoms with E-state index in [4.69, 9.17) is 4.74 Å². The lowest BCUT2D eigenvalue weighted by atomic mass is 9.94. The highest BCUT2D eigenvalue weighted by Gasteiger charge is 2.22. The van der Waals surface area contributed by atoms with E-state index in [9.17, 15) is 4.79 Å². The SMILES string of the molecule is CC1CNc2cc(C(=O)C(C)NC3CCCCC3)ccc2O1. The molecule has 4 heteroatoms. The number of nitrogens with one attached hydrogen (secondary N) is 2. The smallest absolute Gasteiger partial charge is 0.179 e. The van der Waals surface area contributed by atoms with E-state index < -0.39 is 0 Å². The number of ether oxygens (including phenoxy) is 1. The molecule has 0 aromatic heterocycles. The number of anilines is 1. The van der Waals surface area contributed by atoms with Crippen LogP contribution in [-0.4, -0.2) is 30.5 Å². The second-order valence-corrected chi connectivity index (χ2v) is 6.61. The fourth-order valence-electron chi connectivity index (χ4n) is 3.38. The number of rotatable bonds is 4. The summed E-state index contributed by atoms with van der Waals surface area (Å²) in [7, 11) is 0. The molecule has 120 valence electrons. The zero-order chi connectivity index (χ0) is 15.5. The maximum Gasteiger partial charge on any atom is 0.179 e. The molecular weight excluding hydrogens is 276 g/mol. The maximum absolute atomic E-state index is 12.6. The van der Waals surface area contributed by atoms with Crippen LogP contribution in [0.2, 0.25) is 0 Å². The van der Waals surface area contributed by atoms with Gasteiger partial charge in [-0.05, 0) is 44.9 Å². The van der Waals surface area contributed by atoms with Crippen LogP contribution in [0.5, 0.6) is 5.75 Å². The fraction of sp³-hybridized carbons (Fsp3) is 0.611. The first-order valence-electron chi connectivity index (χ1n) is 8.48. The molecule has 22 heavy (non-hydrogen) atoms. The van der Waals surface area contributed by atoms with Crippen LogP contribution in [-0.2, 0) is 0 Å². The lowest BCUT2D eigenvalue weighted by molar-refractivity contribution is 0.0940. The van der Waals surface area contributed by atoms with E-state index in [0.717, 1.165) is 23.5 Å². The zero-order valence-electron chi connectivity index (χ0n) is 13.5. The van der Waals surface area contributed by atoms with E-state index in [1.165, 1.54) is 32.1 Å². The molecule has 1 aromatic carbocycles. The number of benzene rings is 1. The van der Waals surface area contributed by atoms with Crippen LogP contribution in [0, 0.1) is 0 Å². The van der Waals surface area contributed by atoms with E-state index >= 15 is 0 Å². The first-order valence-corrected chi connectivity index (χ1v) is 8.48. The molecule has 2 aliphatic rings. The second-order valence-electron chi connectivity index (χ2n) is 6.61. The van der Waals surface area contributed by atoms with Crippen molar-refractivity contribution in [2.24, 2.45) is 0 Å². The van der Waals surface area contributed by atoms with Gasteiger partial charge >= 0.3 is 0 Å². The van der Waals surface area contributed by atoms with Gasteiger partial charge in [0.05, 0.1) is 18.3 Å². The molecule has 3 rings (SSSR count). The monoisotopic (exact) mass is 302 g/mol. The third-order valence-corrected chi connectivity index (χ3v) is 4.66. The van der Waals surface area contributed by atoms with Crippen molar-refractivity contribution in [3.8, 4) is 5.75 Å². The minimum absolute atomic E-state index is 0.135. The molecule has 1 aliphatic heterocycles. The molecule has 1 aromatic rings.